The number of hydrogen-bond acceptors (Lipinski definition) is 3. The molecule has 1 atom stereocenters. The van der Waals surface area contributed by atoms with Gasteiger partial charge >= 0.3 is 0 Å². The van der Waals surface area contributed by atoms with E-state index in [2.05, 4.69) is 25.2 Å². The predicted octanol–water partition coefficient (Wildman–Crippen LogP) is 4.96. The molecule has 0 saturated heterocycles. The molecule has 0 spiro atoms. The Morgan fingerprint density at radius 3 is 2.68 bits per heavy atom. The van der Waals surface area contributed by atoms with Crippen molar-refractivity contribution in [1.82, 2.24) is 0 Å². The van der Waals surface area contributed by atoms with Crippen LogP contribution in [0.25, 0.3) is 0 Å². The van der Waals surface area contributed by atoms with Gasteiger partial charge in [0, 0.05) is 16.3 Å². The van der Waals surface area contributed by atoms with Crippen LogP contribution in [0, 0.1) is 11.3 Å². The van der Waals surface area contributed by atoms with Gasteiger partial charge in [0.05, 0.1) is 24.8 Å². The van der Waals surface area contributed by atoms with Crippen molar-refractivity contribution in [1.29, 1.82) is 5.26 Å². The second-order valence-corrected chi connectivity index (χ2v) is 5.53. The number of rotatable bonds is 5. The number of ether oxygens (including phenoxy) is 1. The Balaban J connectivity index is 2.31. The molecule has 0 radical (unpaired) electrons. The predicted molar refractivity (Wildman–Crippen MR) is 90.6 cm³/mol. The molecule has 4 heteroatoms. The third-order valence-corrected chi connectivity index (χ3v) is 3.88. The summed E-state index contributed by atoms with van der Waals surface area (Å²) in [5, 5.41) is 13.2. The van der Waals surface area contributed by atoms with Crippen molar-refractivity contribution in [3.05, 3.63) is 58.1 Å². The van der Waals surface area contributed by atoms with Crippen LogP contribution in [-0.2, 0) is 6.42 Å². The van der Waals surface area contributed by atoms with Crippen LogP contribution >= 0.6 is 11.6 Å². The van der Waals surface area contributed by atoms with Crippen molar-refractivity contribution in [3.63, 3.8) is 0 Å². The summed E-state index contributed by atoms with van der Waals surface area (Å²) in [6, 6.07) is 13.5. The average molecular weight is 315 g/mol. The molecule has 0 heterocycles. The number of benzene rings is 2. The zero-order valence-electron chi connectivity index (χ0n) is 13.0. The monoisotopic (exact) mass is 314 g/mol. The number of hydrogen-bond donors (Lipinski definition) is 1. The first-order valence-electron chi connectivity index (χ1n) is 7.22. The molecule has 22 heavy (non-hydrogen) atoms. The van der Waals surface area contributed by atoms with Crippen molar-refractivity contribution in [2.75, 3.05) is 12.4 Å². The van der Waals surface area contributed by atoms with E-state index in [0.29, 0.717) is 10.6 Å². The first kappa shape index (κ1) is 16.2. The summed E-state index contributed by atoms with van der Waals surface area (Å²) in [6.45, 7) is 4.14. The fourth-order valence-corrected chi connectivity index (χ4v) is 2.63. The van der Waals surface area contributed by atoms with Gasteiger partial charge in [-0.15, -0.1) is 0 Å². The number of nitriles is 1. The summed E-state index contributed by atoms with van der Waals surface area (Å²) < 4.78 is 5.41. The van der Waals surface area contributed by atoms with E-state index in [0.717, 1.165) is 29.0 Å². The van der Waals surface area contributed by atoms with Crippen LogP contribution in [0.4, 0.5) is 5.69 Å². The Morgan fingerprint density at radius 1 is 1.27 bits per heavy atom. The number of aryl methyl sites for hydroxylation is 1. The third-order valence-electron chi connectivity index (χ3n) is 3.65. The molecule has 1 N–H and O–H groups in total. The van der Waals surface area contributed by atoms with Gasteiger partial charge < -0.3 is 10.1 Å². The molecule has 0 bridgehead atoms. The number of nitrogens with one attached hydrogen (secondary N) is 1. The van der Waals surface area contributed by atoms with Crippen LogP contribution in [-0.4, -0.2) is 7.11 Å². The largest absolute Gasteiger partial charge is 0.496 e. The first-order valence-corrected chi connectivity index (χ1v) is 7.59. The highest BCUT2D eigenvalue weighted by atomic mass is 35.5. The van der Waals surface area contributed by atoms with Crippen molar-refractivity contribution in [2.45, 2.75) is 26.3 Å². The molecule has 0 amide bonds. The minimum atomic E-state index is 0.0342. The smallest absolute Gasteiger partial charge is 0.124 e. The van der Waals surface area contributed by atoms with Crippen molar-refractivity contribution >= 4 is 17.3 Å². The van der Waals surface area contributed by atoms with Crippen molar-refractivity contribution < 1.29 is 4.74 Å². The maximum atomic E-state index is 9.01. The molecule has 3 nitrogen and oxygen atoms in total. The van der Waals surface area contributed by atoms with Gasteiger partial charge in [-0.1, -0.05) is 18.5 Å². The van der Waals surface area contributed by atoms with Gasteiger partial charge in [-0.3, -0.25) is 0 Å². The Bertz CT molecular complexity index is 707. The lowest BCUT2D eigenvalue weighted by Gasteiger charge is -2.20. The Labute approximate surface area is 136 Å². The molecule has 2 aromatic carbocycles. The molecule has 2 aromatic rings. The van der Waals surface area contributed by atoms with Crippen LogP contribution in [0.2, 0.25) is 5.02 Å². The van der Waals surface area contributed by atoms with E-state index in [4.69, 9.17) is 21.6 Å². The van der Waals surface area contributed by atoms with Gasteiger partial charge in [-0.2, -0.15) is 5.26 Å². The third kappa shape index (κ3) is 3.52. The zero-order chi connectivity index (χ0) is 16.1. The molecule has 0 fully saturated rings. The number of halogens is 1. The normalized spacial score (nSPS) is 11.6. The van der Waals surface area contributed by atoms with Gasteiger partial charge in [-0.25, -0.2) is 0 Å². The Hall–Kier alpha value is -2.18. The molecule has 0 aliphatic carbocycles. The van der Waals surface area contributed by atoms with Gasteiger partial charge in [0.2, 0.25) is 0 Å². The molecular weight excluding hydrogens is 296 g/mol. The highest BCUT2D eigenvalue weighted by Gasteiger charge is 2.13. The fraction of sp³-hybridized carbons (Fsp3) is 0.278. The van der Waals surface area contributed by atoms with E-state index in [1.54, 1.807) is 7.11 Å². The molecule has 2 rings (SSSR count). The summed E-state index contributed by atoms with van der Waals surface area (Å²) >= 11 is 6.10. The van der Waals surface area contributed by atoms with Gasteiger partial charge in [0.25, 0.3) is 0 Å². The van der Waals surface area contributed by atoms with Crippen LogP contribution < -0.4 is 10.1 Å². The summed E-state index contributed by atoms with van der Waals surface area (Å²) in [5.74, 6) is 0.802. The number of methoxy groups -OCH3 is 1. The van der Waals surface area contributed by atoms with E-state index in [1.807, 2.05) is 36.4 Å². The summed E-state index contributed by atoms with van der Waals surface area (Å²) in [4.78, 5) is 0. The Morgan fingerprint density at radius 2 is 2.05 bits per heavy atom. The lowest BCUT2D eigenvalue weighted by molar-refractivity contribution is 0.408. The minimum Gasteiger partial charge on any atom is -0.496 e. The summed E-state index contributed by atoms with van der Waals surface area (Å²) in [5.41, 5.74) is 3.82. The highest BCUT2D eigenvalue weighted by molar-refractivity contribution is 6.30. The number of nitrogens with zero attached hydrogens (tertiary/aromatic N) is 1. The topological polar surface area (TPSA) is 45.0 Å². The van der Waals surface area contributed by atoms with E-state index >= 15 is 0 Å². The highest BCUT2D eigenvalue weighted by Crippen LogP contribution is 2.31. The molecule has 114 valence electrons. The fourth-order valence-electron chi connectivity index (χ4n) is 2.45. The van der Waals surface area contributed by atoms with E-state index in [-0.39, 0.29) is 6.04 Å². The second-order valence-electron chi connectivity index (χ2n) is 5.09. The van der Waals surface area contributed by atoms with E-state index in [9.17, 15) is 0 Å². The van der Waals surface area contributed by atoms with Gasteiger partial charge in [0.1, 0.15) is 5.75 Å². The van der Waals surface area contributed by atoms with Crippen molar-refractivity contribution in [3.8, 4) is 11.8 Å². The summed E-state index contributed by atoms with van der Waals surface area (Å²) in [6.07, 6.45) is 0.858. The molecule has 0 aromatic heterocycles. The van der Waals surface area contributed by atoms with Crippen LogP contribution in [0.5, 0.6) is 5.75 Å². The average Bonchev–Trinajstić information content (AvgIpc) is 2.55. The van der Waals surface area contributed by atoms with E-state index in [1.165, 1.54) is 0 Å². The lowest BCUT2D eigenvalue weighted by Crippen LogP contribution is -2.10. The number of anilines is 1. The lowest BCUT2D eigenvalue weighted by atomic mass is 10.0. The van der Waals surface area contributed by atoms with Gasteiger partial charge in [-0.05, 0) is 55.3 Å². The molecule has 0 aliphatic rings. The molecule has 0 aliphatic heterocycles. The zero-order valence-corrected chi connectivity index (χ0v) is 13.7. The minimum absolute atomic E-state index is 0.0342. The van der Waals surface area contributed by atoms with Crippen LogP contribution in [0.15, 0.2) is 36.4 Å². The molecule has 1 unspecified atom stereocenters. The summed E-state index contributed by atoms with van der Waals surface area (Å²) in [7, 11) is 1.65. The quantitative estimate of drug-likeness (QED) is 0.848. The van der Waals surface area contributed by atoms with Gasteiger partial charge in [0.15, 0.2) is 0 Å². The maximum absolute atomic E-state index is 9.01. The van der Waals surface area contributed by atoms with Crippen LogP contribution in [0.1, 0.15) is 36.6 Å². The molecule has 0 saturated carbocycles. The maximum Gasteiger partial charge on any atom is 0.124 e. The van der Waals surface area contributed by atoms with E-state index < -0.39 is 0 Å². The Kier molecular flexibility index (Phi) is 5.30. The first-order chi connectivity index (χ1) is 10.6. The SMILES string of the molecule is CCc1cc(C#N)ccc1NC(C)c1cc(Cl)ccc1OC. The molecular formula is C18H19ClN2O. The van der Waals surface area contributed by atoms with Crippen molar-refractivity contribution in [2.24, 2.45) is 0 Å². The standard InChI is InChI=1S/C18H19ClN2O/c1-4-14-9-13(11-20)5-7-17(14)21-12(2)16-10-15(19)6-8-18(16)22-3/h5-10,12,21H,4H2,1-3H3. The second kappa shape index (κ2) is 7.20. The van der Waals surface area contributed by atoms with Crippen LogP contribution in [0.3, 0.4) is 0 Å².